The zero-order chi connectivity index (χ0) is 23.6. The Hall–Kier alpha value is -0.540. The van der Waals surface area contributed by atoms with Gasteiger partial charge in [0, 0.05) is 6.42 Å². The summed E-state index contributed by atoms with van der Waals surface area (Å²) in [6.45, 7) is 2.06. The molecule has 186 valence electrons. The molecule has 0 aliphatic rings. The standard InChI is InChI=1S/C21H44NO8P/c1-5-6-7-8-9-10-11-12-13-14-15-21(23)27-18-20(30-24)19-29-31(25,26)28-17-16-22(2,3)4/h20H,5-19H2,1-4H3,(H-,24,25,26)/p+1/t20-/m1/s1. The van der Waals surface area contributed by atoms with Crippen LogP contribution in [0.1, 0.15) is 77.6 Å². The predicted molar refractivity (Wildman–Crippen MR) is 120 cm³/mol. The van der Waals surface area contributed by atoms with Crippen molar-refractivity contribution in [3.8, 4) is 0 Å². The van der Waals surface area contributed by atoms with Gasteiger partial charge in [0.1, 0.15) is 19.8 Å². The van der Waals surface area contributed by atoms with Crippen LogP contribution in [0.15, 0.2) is 0 Å². The van der Waals surface area contributed by atoms with Crippen LogP contribution in [0.4, 0.5) is 0 Å². The second kappa shape index (κ2) is 18.0. The second-order valence-electron chi connectivity index (χ2n) is 8.95. The van der Waals surface area contributed by atoms with Crippen molar-refractivity contribution in [2.45, 2.75) is 83.7 Å². The fraction of sp³-hybridized carbons (Fsp3) is 0.952. The van der Waals surface area contributed by atoms with E-state index in [4.69, 9.17) is 19.0 Å². The number of carbonyl (C=O) groups is 1. The van der Waals surface area contributed by atoms with Gasteiger partial charge in [-0.3, -0.25) is 19.1 Å². The van der Waals surface area contributed by atoms with Crippen molar-refractivity contribution >= 4 is 13.8 Å². The lowest BCUT2D eigenvalue weighted by Gasteiger charge is -2.24. The molecule has 2 atom stereocenters. The van der Waals surface area contributed by atoms with Gasteiger partial charge in [0.15, 0.2) is 6.10 Å². The van der Waals surface area contributed by atoms with Crippen LogP contribution in [0.5, 0.6) is 0 Å². The molecule has 0 amide bonds. The molecule has 0 aromatic rings. The molecular weight excluding hydrogens is 425 g/mol. The molecule has 0 spiro atoms. The highest BCUT2D eigenvalue weighted by Gasteiger charge is 2.25. The Morgan fingerprint density at radius 3 is 1.97 bits per heavy atom. The minimum Gasteiger partial charge on any atom is -0.463 e. The highest BCUT2D eigenvalue weighted by molar-refractivity contribution is 7.47. The first kappa shape index (κ1) is 30.5. The predicted octanol–water partition coefficient (Wildman–Crippen LogP) is 4.54. The number of ether oxygens (including phenoxy) is 1. The average Bonchev–Trinajstić information content (AvgIpc) is 2.68. The van der Waals surface area contributed by atoms with Gasteiger partial charge < -0.3 is 14.1 Å². The van der Waals surface area contributed by atoms with E-state index in [1.54, 1.807) is 0 Å². The molecule has 10 heteroatoms. The number of carbonyl (C=O) groups excluding carboxylic acids is 1. The molecule has 0 aromatic carbocycles. The molecular formula is C21H45NO8P+. The van der Waals surface area contributed by atoms with Crippen LogP contribution in [0.2, 0.25) is 0 Å². The number of phosphoric ester groups is 1. The van der Waals surface area contributed by atoms with Crippen LogP contribution in [-0.4, -0.2) is 74.2 Å². The average molecular weight is 471 g/mol. The highest BCUT2D eigenvalue weighted by atomic mass is 31.2. The molecule has 0 radical (unpaired) electrons. The molecule has 1 unspecified atom stereocenters. The molecule has 0 saturated carbocycles. The van der Waals surface area contributed by atoms with Gasteiger partial charge in [-0.15, -0.1) is 0 Å². The van der Waals surface area contributed by atoms with Crippen LogP contribution >= 0.6 is 7.82 Å². The van der Waals surface area contributed by atoms with Gasteiger partial charge in [0.25, 0.3) is 0 Å². The van der Waals surface area contributed by atoms with Crippen molar-refractivity contribution in [1.29, 1.82) is 0 Å². The molecule has 9 nitrogen and oxygen atoms in total. The van der Waals surface area contributed by atoms with E-state index in [0.717, 1.165) is 19.3 Å². The summed E-state index contributed by atoms with van der Waals surface area (Å²) in [5, 5.41) is 8.90. The first-order valence-electron chi connectivity index (χ1n) is 11.5. The first-order chi connectivity index (χ1) is 14.6. The highest BCUT2D eigenvalue weighted by Crippen LogP contribution is 2.43. The number of unbranched alkanes of at least 4 members (excludes halogenated alkanes) is 9. The molecule has 0 bridgehead atoms. The summed E-state index contributed by atoms with van der Waals surface area (Å²) in [7, 11) is 1.49. The Bertz CT molecular complexity index is 498. The third-order valence-electron chi connectivity index (χ3n) is 4.75. The van der Waals surface area contributed by atoms with Crippen LogP contribution in [-0.2, 0) is 28.0 Å². The maximum absolute atomic E-state index is 11.8. The van der Waals surface area contributed by atoms with E-state index in [9.17, 15) is 14.3 Å². The van der Waals surface area contributed by atoms with Crippen LogP contribution < -0.4 is 0 Å². The smallest absolute Gasteiger partial charge is 0.463 e. The molecule has 0 aromatic heterocycles. The van der Waals surface area contributed by atoms with Gasteiger partial charge in [-0.2, -0.15) is 0 Å². The number of likely N-dealkylation sites (N-methyl/N-ethyl adjacent to an activating group) is 1. The lowest BCUT2D eigenvalue weighted by molar-refractivity contribution is -0.870. The summed E-state index contributed by atoms with van der Waals surface area (Å²) in [6.07, 6.45) is 11.0. The second-order valence-corrected chi connectivity index (χ2v) is 10.4. The quantitative estimate of drug-likeness (QED) is 0.0628. The summed E-state index contributed by atoms with van der Waals surface area (Å²) in [4.78, 5) is 25.6. The normalized spacial score (nSPS) is 14.9. The Kier molecular flexibility index (Phi) is 17.6. The van der Waals surface area contributed by atoms with E-state index >= 15 is 0 Å². The molecule has 0 heterocycles. The lowest BCUT2D eigenvalue weighted by atomic mass is 10.1. The molecule has 0 fully saturated rings. The number of esters is 1. The van der Waals surface area contributed by atoms with Crippen molar-refractivity contribution in [2.75, 3.05) is 47.5 Å². The fourth-order valence-electron chi connectivity index (χ4n) is 2.77. The zero-order valence-corrected chi connectivity index (χ0v) is 20.8. The zero-order valence-electron chi connectivity index (χ0n) is 19.9. The maximum Gasteiger partial charge on any atom is 0.472 e. The monoisotopic (exact) mass is 470 g/mol. The van der Waals surface area contributed by atoms with E-state index in [1.165, 1.54) is 44.9 Å². The minimum atomic E-state index is -4.27. The molecule has 0 saturated heterocycles. The largest absolute Gasteiger partial charge is 0.472 e. The summed E-state index contributed by atoms with van der Waals surface area (Å²) >= 11 is 0. The van der Waals surface area contributed by atoms with Crippen molar-refractivity contribution in [3.05, 3.63) is 0 Å². The van der Waals surface area contributed by atoms with E-state index in [2.05, 4.69) is 11.8 Å². The third-order valence-corrected chi connectivity index (χ3v) is 5.74. The maximum atomic E-state index is 11.8. The SMILES string of the molecule is CCCCCCCCCCCCC(=O)OC[C@H](COP(=O)(O)OCC[N+](C)(C)C)OO. The first-order valence-corrected chi connectivity index (χ1v) is 13.0. The summed E-state index contributed by atoms with van der Waals surface area (Å²) < 4.78 is 27.1. The molecule has 0 rings (SSSR count). The molecule has 0 aliphatic carbocycles. The van der Waals surface area contributed by atoms with Crippen molar-refractivity contribution in [2.24, 2.45) is 0 Å². The van der Waals surface area contributed by atoms with Crippen molar-refractivity contribution in [1.82, 2.24) is 0 Å². The Labute approximate surface area is 188 Å². The van der Waals surface area contributed by atoms with Crippen molar-refractivity contribution < 1.29 is 42.7 Å². The Morgan fingerprint density at radius 2 is 1.45 bits per heavy atom. The van der Waals surface area contributed by atoms with Crippen LogP contribution in [0, 0.1) is 0 Å². The van der Waals surface area contributed by atoms with E-state index < -0.39 is 26.5 Å². The van der Waals surface area contributed by atoms with Crippen LogP contribution in [0.25, 0.3) is 0 Å². The Morgan fingerprint density at radius 1 is 0.903 bits per heavy atom. The van der Waals surface area contributed by atoms with Gasteiger partial charge in [0.2, 0.25) is 0 Å². The summed E-state index contributed by atoms with van der Waals surface area (Å²) in [5.41, 5.74) is 0. The Balaban J connectivity index is 3.81. The van der Waals surface area contributed by atoms with E-state index in [-0.39, 0.29) is 13.2 Å². The number of nitrogens with zero attached hydrogens (tertiary/aromatic N) is 1. The number of quaternary nitrogens is 1. The topological polar surface area (TPSA) is 112 Å². The van der Waals surface area contributed by atoms with Gasteiger partial charge >= 0.3 is 13.8 Å². The molecule has 31 heavy (non-hydrogen) atoms. The summed E-state index contributed by atoms with van der Waals surface area (Å²) in [6, 6.07) is 0. The minimum absolute atomic E-state index is 0.0375. The van der Waals surface area contributed by atoms with Gasteiger partial charge in [-0.25, -0.2) is 9.45 Å². The fourth-order valence-corrected chi connectivity index (χ4v) is 3.51. The third kappa shape index (κ3) is 21.1. The van der Waals surface area contributed by atoms with E-state index in [1.807, 2.05) is 21.1 Å². The lowest BCUT2D eigenvalue weighted by Crippen LogP contribution is -2.37. The van der Waals surface area contributed by atoms with Crippen molar-refractivity contribution in [3.63, 3.8) is 0 Å². The van der Waals surface area contributed by atoms with Crippen LogP contribution in [0.3, 0.4) is 0 Å². The van der Waals surface area contributed by atoms with E-state index in [0.29, 0.717) is 17.4 Å². The van der Waals surface area contributed by atoms with Gasteiger partial charge in [-0.1, -0.05) is 64.7 Å². The summed E-state index contributed by atoms with van der Waals surface area (Å²) in [5.74, 6) is -0.395. The molecule has 2 N–H and O–H groups in total. The van der Waals surface area contributed by atoms with Gasteiger partial charge in [0.05, 0.1) is 27.7 Å². The number of hydrogen-bond donors (Lipinski definition) is 2. The number of hydrogen-bond acceptors (Lipinski definition) is 7. The number of rotatable bonds is 21. The van der Waals surface area contributed by atoms with Gasteiger partial charge in [-0.05, 0) is 6.42 Å². The number of phosphoric acid groups is 1. The molecule has 0 aliphatic heterocycles.